The number of carbonyl (C=O) groups is 1. The predicted molar refractivity (Wildman–Crippen MR) is 62.6 cm³/mol. The highest BCUT2D eigenvalue weighted by atomic mass is 16.3. The van der Waals surface area contributed by atoms with Crippen LogP contribution in [-0.2, 0) is 4.79 Å². The Morgan fingerprint density at radius 1 is 1.20 bits per heavy atom. The molecule has 0 spiro atoms. The molecule has 0 saturated heterocycles. The van der Waals surface area contributed by atoms with Crippen LogP contribution in [0.2, 0.25) is 0 Å². The molecule has 90 valence electrons. The summed E-state index contributed by atoms with van der Waals surface area (Å²) in [4.78, 5) is 11.7. The molecule has 3 heteroatoms. The van der Waals surface area contributed by atoms with E-state index < -0.39 is 0 Å². The Morgan fingerprint density at radius 2 is 1.73 bits per heavy atom. The number of hydrogen-bond acceptors (Lipinski definition) is 2. The van der Waals surface area contributed by atoms with Crippen LogP contribution in [0.25, 0.3) is 0 Å². The van der Waals surface area contributed by atoms with Gasteiger partial charge in [-0.15, -0.1) is 0 Å². The van der Waals surface area contributed by atoms with Gasteiger partial charge >= 0.3 is 0 Å². The summed E-state index contributed by atoms with van der Waals surface area (Å²) < 4.78 is 0. The maximum absolute atomic E-state index is 11.7. The van der Waals surface area contributed by atoms with Gasteiger partial charge in [-0.25, -0.2) is 0 Å². The molecule has 1 amide bonds. The van der Waals surface area contributed by atoms with Gasteiger partial charge in [0.25, 0.3) is 0 Å². The van der Waals surface area contributed by atoms with Crippen molar-refractivity contribution >= 4 is 5.91 Å². The van der Waals surface area contributed by atoms with Gasteiger partial charge < -0.3 is 10.4 Å². The van der Waals surface area contributed by atoms with Crippen molar-refractivity contribution < 1.29 is 9.90 Å². The number of rotatable bonds is 8. The smallest absolute Gasteiger partial charge is 0.223 e. The minimum absolute atomic E-state index is 0.152. The molecule has 0 unspecified atom stereocenters. The van der Waals surface area contributed by atoms with Gasteiger partial charge in [-0.3, -0.25) is 4.79 Å². The highest BCUT2D eigenvalue weighted by Gasteiger charge is 2.15. The van der Waals surface area contributed by atoms with E-state index in [0.717, 1.165) is 25.7 Å². The van der Waals surface area contributed by atoms with Gasteiger partial charge in [-0.1, -0.05) is 26.7 Å². The number of hydrogen-bond donors (Lipinski definition) is 2. The zero-order chi connectivity index (χ0) is 11.7. The zero-order valence-electron chi connectivity index (χ0n) is 10.3. The number of nitrogens with one attached hydrogen (secondary N) is 1. The fourth-order valence-electron chi connectivity index (χ4n) is 1.65. The van der Waals surface area contributed by atoms with E-state index in [2.05, 4.69) is 19.2 Å². The van der Waals surface area contributed by atoms with Gasteiger partial charge in [0.05, 0.1) is 6.10 Å². The highest BCUT2D eigenvalue weighted by molar-refractivity contribution is 5.78. The van der Waals surface area contributed by atoms with Crippen LogP contribution >= 0.6 is 0 Å². The Morgan fingerprint density at radius 3 is 2.13 bits per heavy atom. The molecule has 0 bridgehead atoms. The lowest BCUT2D eigenvalue weighted by atomic mass is 9.97. The van der Waals surface area contributed by atoms with E-state index in [-0.39, 0.29) is 17.9 Å². The molecule has 0 aliphatic rings. The van der Waals surface area contributed by atoms with Crippen LogP contribution in [0.1, 0.15) is 52.9 Å². The first-order valence-electron chi connectivity index (χ1n) is 6.07. The quantitative estimate of drug-likeness (QED) is 0.651. The van der Waals surface area contributed by atoms with Crippen LogP contribution < -0.4 is 5.32 Å². The minimum Gasteiger partial charge on any atom is -0.393 e. The van der Waals surface area contributed by atoms with E-state index in [0.29, 0.717) is 13.0 Å². The average Bonchev–Trinajstić information content (AvgIpc) is 2.16. The van der Waals surface area contributed by atoms with Gasteiger partial charge in [0, 0.05) is 12.5 Å². The summed E-state index contributed by atoms with van der Waals surface area (Å²) in [6.45, 7) is 6.53. The number of carbonyl (C=O) groups excluding carboxylic acids is 1. The van der Waals surface area contributed by atoms with Crippen molar-refractivity contribution in [2.45, 2.75) is 59.0 Å². The third-order valence-corrected chi connectivity index (χ3v) is 2.51. The summed E-state index contributed by atoms with van der Waals surface area (Å²) in [7, 11) is 0. The maximum atomic E-state index is 11.7. The van der Waals surface area contributed by atoms with Gasteiger partial charge in [0.1, 0.15) is 0 Å². The second kappa shape index (κ2) is 8.72. The average molecular weight is 215 g/mol. The molecule has 15 heavy (non-hydrogen) atoms. The number of aliphatic hydroxyl groups is 1. The van der Waals surface area contributed by atoms with E-state index >= 15 is 0 Å². The normalized spacial score (nSPS) is 12.9. The lowest BCUT2D eigenvalue weighted by Crippen LogP contribution is -2.32. The van der Waals surface area contributed by atoms with Crippen LogP contribution in [0, 0.1) is 5.92 Å². The maximum Gasteiger partial charge on any atom is 0.223 e. The molecule has 0 saturated carbocycles. The minimum atomic E-state index is -0.332. The first kappa shape index (κ1) is 14.4. The van der Waals surface area contributed by atoms with Crippen molar-refractivity contribution in [2.24, 2.45) is 5.92 Å². The Kier molecular flexibility index (Phi) is 8.38. The molecule has 0 aromatic carbocycles. The Labute approximate surface area is 93.3 Å². The first-order chi connectivity index (χ1) is 7.11. The zero-order valence-corrected chi connectivity index (χ0v) is 10.3. The summed E-state index contributed by atoms with van der Waals surface area (Å²) >= 11 is 0. The van der Waals surface area contributed by atoms with Gasteiger partial charge in [0.2, 0.25) is 5.91 Å². The standard InChI is InChI=1S/C12H25NO2/c1-4-6-11(7-5-2)12(15)13-9-8-10(3)14/h10-11,14H,4-9H2,1-3H3,(H,13,15)/t10-/m0/s1. The van der Waals surface area contributed by atoms with Crippen LogP contribution in [0.3, 0.4) is 0 Å². The molecule has 0 aromatic rings. The topological polar surface area (TPSA) is 49.3 Å². The van der Waals surface area contributed by atoms with Crippen molar-refractivity contribution in [1.29, 1.82) is 0 Å². The monoisotopic (exact) mass is 215 g/mol. The van der Waals surface area contributed by atoms with Gasteiger partial charge in [-0.05, 0) is 26.2 Å². The van der Waals surface area contributed by atoms with Crippen LogP contribution in [-0.4, -0.2) is 23.7 Å². The molecule has 0 aromatic heterocycles. The summed E-state index contributed by atoms with van der Waals surface area (Å²) in [5.74, 6) is 0.313. The Hall–Kier alpha value is -0.570. The highest BCUT2D eigenvalue weighted by Crippen LogP contribution is 2.13. The molecular formula is C12H25NO2. The molecule has 0 aliphatic carbocycles. The molecule has 0 rings (SSSR count). The van der Waals surface area contributed by atoms with Gasteiger partial charge in [0.15, 0.2) is 0 Å². The Bertz CT molecular complexity index is 163. The molecule has 2 N–H and O–H groups in total. The van der Waals surface area contributed by atoms with Crippen molar-refractivity contribution in [2.75, 3.05) is 6.54 Å². The molecule has 3 nitrogen and oxygen atoms in total. The van der Waals surface area contributed by atoms with Crippen LogP contribution in [0.4, 0.5) is 0 Å². The second-order valence-corrected chi connectivity index (χ2v) is 4.20. The molecular weight excluding hydrogens is 190 g/mol. The lowest BCUT2D eigenvalue weighted by Gasteiger charge is -2.15. The third-order valence-electron chi connectivity index (χ3n) is 2.51. The van der Waals surface area contributed by atoms with Gasteiger partial charge in [-0.2, -0.15) is 0 Å². The summed E-state index contributed by atoms with van der Waals surface area (Å²) in [5, 5.41) is 11.9. The van der Waals surface area contributed by atoms with E-state index in [1.165, 1.54) is 0 Å². The SMILES string of the molecule is CCCC(CCC)C(=O)NCC[C@H](C)O. The van der Waals surface area contributed by atoms with Crippen molar-refractivity contribution in [3.8, 4) is 0 Å². The third kappa shape index (κ3) is 7.37. The fraction of sp³-hybridized carbons (Fsp3) is 0.917. The molecule has 0 aliphatic heterocycles. The van der Waals surface area contributed by atoms with Crippen LogP contribution in [0.5, 0.6) is 0 Å². The Balaban J connectivity index is 3.80. The molecule has 0 fully saturated rings. The van der Waals surface area contributed by atoms with E-state index in [4.69, 9.17) is 5.11 Å². The molecule has 1 atom stereocenters. The van der Waals surface area contributed by atoms with Crippen molar-refractivity contribution in [3.63, 3.8) is 0 Å². The second-order valence-electron chi connectivity index (χ2n) is 4.20. The number of aliphatic hydroxyl groups excluding tert-OH is 1. The van der Waals surface area contributed by atoms with E-state index in [1.807, 2.05) is 0 Å². The largest absolute Gasteiger partial charge is 0.393 e. The number of amides is 1. The summed E-state index contributed by atoms with van der Waals surface area (Å²) in [6, 6.07) is 0. The fourth-order valence-corrected chi connectivity index (χ4v) is 1.65. The summed E-state index contributed by atoms with van der Waals surface area (Å²) in [6.07, 6.45) is 4.34. The van der Waals surface area contributed by atoms with E-state index in [1.54, 1.807) is 6.92 Å². The van der Waals surface area contributed by atoms with E-state index in [9.17, 15) is 4.79 Å². The lowest BCUT2D eigenvalue weighted by molar-refractivity contribution is -0.125. The molecule has 0 heterocycles. The van der Waals surface area contributed by atoms with Crippen molar-refractivity contribution in [1.82, 2.24) is 5.32 Å². The predicted octanol–water partition coefficient (Wildman–Crippen LogP) is 2.09. The first-order valence-corrected chi connectivity index (χ1v) is 6.07. The van der Waals surface area contributed by atoms with Crippen LogP contribution in [0.15, 0.2) is 0 Å². The molecule has 0 radical (unpaired) electrons. The summed E-state index contributed by atoms with van der Waals surface area (Å²) in [5.41, 5.74) is 0. The van der Waals surface area contributed by atoms with Crippen molar-refractivity contribution in [3.05, 3.63) is 0 Å².